The number of nitriles is 1. The number of nitrogens with one attached hydrogen (secondary N) is 1. The molecule has 1 aromatic heterocycles. The normalized spacial score (nSPS) is 18.9. The summed E-state index contributed by atoms with van der Waals surface area (Å²) >= 11 is 1.64. The Labute approximate surface area is 174 Å². The molecule has 1 aromatic carbocycles. The maximum absolute atomic E-state index is 12.9. The number of hydrogen-bond donors (Lipinski definition) is 1. The molecule has 4 rings (SSSR count). The van der Waals surface area contributed by atoms with Crippen molar-refractivity contribution in [2.24, 2.45) is 5.92 Å². The Hall–Kier alpha value is -2.72. The predicted octanol–water partition coefficient (Wildman–Crippen LogP) is 3.10. The van der Waals surface area contributed by atoms with Gasteiger partial charge in [-0.3, -0.25) is 9.59 Å². The zero-order chi connectivity index (χ0) is 20.2. The number of amides is 2. The topological polar surface area (TPSA) is 86.1 Å². The molecule has 6 nitrogen and oxygen atoms in total. The van der Waals surface area contributed by atoms with Crippen molar-refractivity contribution >= 4 is 23.2 Å². The molecule has 1 saturated carbocycles. The minimum atomic E-state index is -0.0219. The molecule has 0 spiro atoms. The summed E-state index contributed by atoms with van der Waals surface area (Å²) < 4.78 is 0. The first-order valence-electron chi connectivity index (χ1n) is 10.2. The Balaban J connectivity index is 1.34. The van der Waals surface area contributed by atoms with Gasteiger partial charge in [-0.25, -0.2) is 4.98 Å². The van der Waals surface area contributed by atoms with Gasteiger partial charge in [-0.1, -0.05) is 6.07 Å². The largest absolute Gasteiger partial charge is 0.355 e. The number of nitrogens with zero attached hydrogens (tertiary/aromatic N) is 3. The number of likely N-dealkylation sites (tertiary alicyclic amines) is 1. The summed E-state index contributed by atoms with van der Waals surface area (Å²) in [4.78, 5) is 31.2. The number of rotatable bonds is 6. The van der Waals surface area contributed by atoms with Gasteiger partial charge < -0.3 is 10.2 Å². The fraction of sp³-hybridized carbons (Fsp3) is 0.455. The van der Waals surface area contributed by atoms with E-state index in [2.05, 4.69) is 16.8 Å². The minimum Gasteiger partial charge on any atom is -0.355 e. The second kappa shape index (κ2) is 8.75. The SMILES string of the molecule is N#Cc1cccc(C(=O)N2CCC[C@H](c3nc(CCNC(=O)C4CC4)cs3)C2)c1. The second-order valence-electron chi connectivity index (χ2n) is 7.78. The van der Waals surface area contributed by atoms with Gasteiger partial charge in [0.15, 0.2) is 0 Å². The first-order chi connectivity index (χ1) is 14.1. The number of aromatic nitrogens is 1. The molecule has 7 heteroatoms. The lowest BCUT2D eigenvalue weighted by atomic mass is 9.97. The molecule has 0 unspecified atom stereocenters. The van der Waals surface area contributed by atoms with Crippen molar-refractivity contribution in [2.45, 2.75) is 38.0 Å². The van der Waals surface area contributed by atoms with E-state index in [1.165, 1.54) is 0 Å². The highest BCUT2D eigenvalue weighted by atomic mass is 32.1. The van der Waals surface area contributed by atoms with Gasteiger partial charge >= 0.3 is 0 Å². The molecule has 0 radical (unpaired) electrons. The highest BCUT2D eigenvalue weighted by Gasteiger charge is 2.29. The van der Waals surface area contributed by atoms with Crippen LogP contribution in [0.1, 0.15) is 58.2 Å². The third-order valence-electron chi connectivity index (χ3n) is 5.49. The summed E-state index contributed by atoms with van der Waals surface area (Å²) in [6.45, 7) is 2.02. The van der Waals surface area contributed by atoms with Gasteiger partial charge in [0.25, 0.3) is 5.91 Å². The van der Waals surface area contributed by atoms with Crippen molar-refractivity contribution in [3.63, 3.8) is 0 Å². The monoisotopic (exact) mass is 408 g/mol. The third kappa shape index (κ3) is 4.83. The van der Waals surface area contributed by atoms with Crippen LogP contribution in [0.2, 0.25) is 0 Å². The highest BCUT2D eigenvalue weighted by molar-refractivity contribution is 7.09. The minimum absolute atomic E-state index is 0.0219. The Morgan fingerprint density at radius 3 is 2.97 bits per heavy atom. The van der Waals surface area contributed by atoms with Crippen molar-refractivity contribution in [1.29, 1.82) is 5.26 Å². The summed E-state index contributed by atoms with van der Waals surface area (Å²) in [5, 5.41) is 15.2. The summed E-state index contributed by atoms with van der Waals surface area (Å²) in [7, 11) is 0. The van der Waals surface area contributed by atoms with Crippen LogP contribution in [0.15, 0.2) is 29.6 Å². The number of thiazole rings is 1. The van der Waals surface area contributed by atoms with Crippen LogP contribution in [0.3, 0.4) is 0 Å². The molecule has 2 fully saturated rings. The molecular formula is C22H24N4O2S. The van der Waals surface area contributed by atoms with Gasteiger partial charge in [0.05, 0.1) is 22.3 Å². The van der Waals surface area contributed by atoms with Crippen LogP contribution in [-0.4, -0.2) is 41.3 Å². The van der Waals surface area contributed by atoms with Crippen LogP contribution in [0.4, 0.5) is 0 Å². The van der Waals surface area contributed by atoms with Crippen molar-refractivity contribution in [3.8, 4) is 6.07 Å². The number of benzene rings is 1. The van der Waals surface area contributed by atoms with Crippen molar-refractivity contribution in [1.82, 2.24) is 15.2 Å². The number of hydrogen-bond acceptors (Lipinski definition) is 5. The summed E-state index contributed by atoms with van der Waals surface area (Å²) in [5.41, 5.74) is 2.07. The van der Waals surface area contributed by atoms with E-state index in [4.69, 9.17) is 10.2 Å². The van der Waals surface area contributed by atoms with E-state index in [0.717, 1.165) is 49.4 Å². The average Bonchev–Trinajstić information content (AvgIpc) is 3.52. The van der Waals surface area contributed by atoms with Crippen molar-refractivity contribution < 1.29 is 9.59 Å². The quantitative estimate of drug-likeness (QED) is 0.796. The van der Waals surface area contributed by atoms with Crippen molar-refractivity contribution in [2.75, 3.05) is 19.6 Å². The van der Waals surface area contributed by atoms with Gasteiger partial charge in [-0.2, -0.15) is 5.26 Å². The van der Waals surface area contributed by atoms with Gasteiger partial charge in [0, 0.05) is 48.8 Å². The standard InChI is InChI=1S/C22H24N4O2S/c23-12-15-3-1-4-17(11-15)22(28)26-10-2-5-18(13-26)21-25-19(14-29-21)8-9-24-20(27)16-6-7-16/h1,3-4,11,14,16,18H,2,5-10,13H2,(H,24,27)/t18-/m0/s1. The van der Waals surface area contributed by atoms with Gasteiger partial charge in [-0.15, -0.1) is 11.3 Å². The molecule has 2 heterocycles. The van der Waals surface area contributed by atoms with Gasteiger partial charge in [-0.05, 0) is 43.9 Å². The summed E-state index contributed by atoms with van der Waals surface area (Å²) in [5.74, 6) is 0.626. The number of piperidine rings is 1. The highest BCUT2D eigenvalue weighted by Crippen LogP contribution is 2.30. The fourth-order valence-electron chi connectivity index (χ4n) is 3.70. The lowest BCUT2D eigenvalue weighted by Gasteiger charge is -2.32. The fourth-order valence-corrected chi connectivity index (χ4v) is 4.68. The van der Waals surface area contributed by atoms with Crippen LogP contribution >= 0.6 is 11.3 Å². The first-order valence-corrected chi connectivity index (χ1v) is 11.0. The second-order valence-corrected chi connectivity index (χ2v) is 8.66. The van der Waals surface area contributed by atoms with E-state index < -0.39 is 0 Å². The lowest BCUT2D eigenvalue weighted by molar-refractivity contribution is -0.122. The first kappa shape index (κ1) is 19.6. The average molecular weight is 409 g/mol. The van der Waals surface area contributed by atoms with Crippen LogP contribution in [0, 0.1) is 17.2 Å². The Bertz CT molecular complexity index is 944. The van der Waals surface area contributed by atoms with Crippen LogP contribution < -0.4 is 5.32 Å². The third-order valence-corrected chi connectivity index (χ3v) is 6.55. The summed E-state index contributed by atoms with van der Waals surface area (Å²) in [6.07, 6.45) is 4.74. The predicted molar refractivity (Wildman–Crippen MR) is 111 cm³/mol. The van der Waals surface area contributed by atoms with E-state index >= 15 is 0 Å². The molecular weight excluding hydrogens is 384 g/mol. The molecule has 1 N–H and O–H groups in total. The van der Waals surface area contributed by atoms with Crippen LogP contribution in [0.25, 0.3) is 0 Å². The molecule has 1 saturated heterocycles. The van der Waals surface area contributed by atoms with Crippen molar-refractivity contribution in [3.05, 3.63) is 51.5 Å². The number of carbonyl (C=O) groups is 2. The smallest absolute Gasteiger partial charge is 0.253 e. The van der Waals surface area contributed by atoms with E-state index in [1.54, 1.807) is 35.6 Å². The number of carbonyl (C=O) groups excluding carboxylic acids is 2. The zero-order valence-corrected chi connectivity index (χ0v) is 17.1. The molecule has 1 atom stereocenters. The molecule has 0 bridgehead atoms. The Morgan fingerprint density at radius 1 is 1.31 bits per heavy atom. The van der Waals surface area contributed by atoms with E-state index in [1.807, 2.05) is 4.90 Å². The molecule has 2 amide bonds. The molecule has 1 aliphatic carbocycles. The maximum atomic E-state index is 12.9. The maximum Gasteiger partial charge on any atom is 0.253 e. The van der Waals surface area contributed by atoms with E-state index in [0.29, 0.717) is 24.2 Å². The Morgan fingerprint density at radius 2 is 2.17 bits per heavy atom. The molecule has 1 aliphatic heterocycles. The van der Waals surface area contributed by atoms with E-state index in [-0.39, 0.29) is 23.7 Å². The van der Waals surface area contributed by atoms with Gasteiger partial charge in [0.1, 0.15) is 0 Å². The Kier molecular flexibility index (Phi) is 5.91. The molecule has 150 valence electrons. The molecule has 2 aromatic rings. The zero-order valence-electron chi connectivity index (χ0n) is 16.3. The lowest BCUT2D eigenvalue weighted by Crippen LogP contribution is -2.39. The summed E-state index contributed by atoms with van der Waals surface area (Å²) in [6, 6.07) is 8.98. The van der Waals surface area contributed by atoms with Gasteiger partial charge in [0.2, 0.25) is 5.91 Å². The molecule has 2 aliphatic rings. The molecule has 29 heavy (non-hydrogen) atoms. The van der Waals surface area contributed by atoms with Crippen LogP contribution in [-0.2, 0) is 11.2 Å². The van der Waals surface area contributed by atoms with Crippen LogP contribution in [0.5, 0.6) is 0 Å². The van der Waals surface area contributed by atoms with E-state index in [9.17, 15) is 9.59 Å².